The first kappa shape index (κ1) is 15.2. The van der Waals surface area contributed by atoms with E-state index < -0.39 is 0 Å². The Morgan fingerprint density at radius 3 is 2.95 bits per heavy atom. The molecule has 4 nitrogen and oxygen atoms in total. The van der Waals surface area contributed by atoms with Gasteiger partial charge in [-0.2, -0.15) is 0 Å². The molecule has 2 heterocycles. The van der Waals surface area contributed by atoms with Crippen molar-refractivity contribution in [1.82, 2.24) is 15.1 Å². The average Bonchev–Trinajstić information content (AvgIpc) is 2.48. The molecule has 2 unspecified atom stereocenters. The van der Waals surface area contributed by atoms with Gasteiger partial charge in [0.2, 0.25) is 0 Å². The Morgan fingerprint density at radius 1 is 1.37 bits per heavy atom. The largest absolute Gasteiger partial charge is 0.374 e. The van der Waals surface area contributed by atoms with Crippen LogP contribution in [-0.4, -0.2) is 74.4 Å². The predicted octanol–water partition coefficient (Wildman–Crippen LogP) is 1.17. The van der Waals surface area contributed by atoms with Crippen molar-refractivity contribution < 1.29 is 4.74 Å². The number of nitrogens with zero attached hydrogens (tertiary/aromatic N) is 2. The highest BCUT2D eigenvalue weighted by atomic mass is 16.5. The van der Waals surface area contributed by atoms with Crippen LogP contribution in [0.4, 0.5) is 0 Å². The molecule has 112 valence electrons. The summed E-state index contributed by atoms with van der Waals surface area (Å²) < 4.78 is 5.97. The number of hydrogen-bond acceptors (Lipinski definition) is 4. The van der Waals surface area contributed by atoms with Crippen molar-refractivity contribution in [3.8, 4) is 0 Å². The van der Waals surface area contributed by atoms with Gasteiger partial charge in [0, 0.05) is 32.2 Å². The van der Waals surface area contributed by atoms with Gasteiger partial charge in [-0.1, -0.05) is 13.8 Å². The number of nitrogens with one attached hydrogen (secondary N) is 1. The lowest BCUT2D eigenvalue weighted by molar-refractivity contribution is -0.0484. The molecule has 0 bridgehead atoms. The number of ether oxygens (including phenoxy) is 1. The Hall–Kier alpha value is -0.160. The fourth-order valence-electron chi connectivity index (χ4n) is 3.29. The Morgan fingerprint density at radius 2 is 2.26 bits per heavy atom. The van der Waals surface area contributed by atoms with Crippen LogP contribution in [0.1, 0.15) is 33.1 Å². The maximum Gasteiger partial charge on any atom is 0.0829 e. The van der Waals surface area contributed by atoms with E-state index in [2.05, 4.69) is 29.0 Å². The molecule has 0 aromatic heterocycles. The van der Waals surface area contributed by atoms with E-state index in [9.17, 15) is 0 Å². The van der Waals surface area contributed by atoms with Crippen LogP contribution < -0.4 is 5.32 Å². The summed E-state index contributed by atoms with van der Waals surface area (Å²) in [6.45, 7) is 13.5. The third-order valence-electron chi connectivity index (χ3n) is 4.41. The summed E-state index contributed by atoms with van der Waals surface area (Å²) >= 11 is 0. The minimum atomic E-state index is 0.405. The first-order chi connectivity index (χ1) is 9.33. The summed E-state index contributed by atoms with van der Waals surface area (Å²) in [5.74, 6) is 0. The van der Waals surface area contributed by atoms with E-state index in [-0.39, 0.29) is 0 Å². The molecule has 2 aliphatic heterocycles. The topological polar surface area (TPSA) is 27.7 Å². The fourth-order valence-corrected chi connectivity index (χ4v) is 3.29. The van der Waals surface area contributed by atoms with Crippen LogP contribution in [0.25, 0.3) is 0 Å². The van der Waals surface area contributed by atoms with Gasteiger partial charge in [-0.3, -0.25) is 9.80 Å². The van der Waals surface area contributed by atoms with Crippen LogP contribution in [0, 0.1) is 0 Å². The first-order valence-electron chi connectivity index (χ1n) is 8.12. The van der Waals surface area contributed by atoms with Gasteiger partial charge in [-0.05, 0) is 38.9 Å². The summed E-state index contributed by atoms with van der Waals surface area (Å²) in [4.78, 5) is 5.17. The van der Waals surface area contributed by atoms with E-state index >= 15 is 0 Å². The van der Waals surface area contributed by atoms with Crippen molar-refractivity contribution in [3.05, 3.63) is 0 Å². The smallest absolute Gasteiger partial charge is 0.0829 e. The second-order valence-corrected chi connectivity index (χ2v) is 5.88. The summed E-state index contributed by atoms with van der Waals surface area (Å²) in [7, 11) is 0. The summed E-state index contributed by atoms with van der Waals surface area (Å²) in [5, 5.41) is 3.54. The molecular formula is C15H31N3O. The molecule has 2 rings (SSSR count). The summed E-state index contributed by atoms with van der Waals surface area (Å²) in [5.41, 5.74) is 0. The van der Waals surface area contributed by atoms with Crippen molar-refractivity contribution in [1.29, 1.82) is 0 Å². The second-order valence-electron chi connectivity index (χ2n) is 5.88. The number of piperidine rings is 1. The lowest BCUT2D eigenvalue weighted by Gasteiger charge is -2.39. The standard InChI is InChI=1S/C15H31N3O/c1-3-8-18(14-6-5-7-16-11-14)13-15-12-17(4-2)9-10-19-15/h14-16H,3-13H2,1-2H3. The average molecular weight is 269 g/mol. The van der Waals surface area contributed by atoms with Gasteiger partial charge in [-0.25, -0.2) is 0 Å². The van der Waals surface area contributed by atoms with Gasteiger partial charge in [0.1, 0.15) is 0 Å². The van der Waals surface area contributed by atoms with Gasteiger partial charge in [0.25, 0.3) is 0 Å². The second kappa shape index (κ2) is 8.20. The highest BCUT2D eigenvalue weighted by Gasteiger charge is 2.26. The van der Waals surface area contributed by atoms with Gasteiger partial charge in [-0.15, -0.1) is 0 Å². The Kier molecular flexibility index (Phi) is 6.57. The monoisotopic (exact) mass is 269 g/mol. The minimum Gasteiger partial charge on any atom is -0.374 e. The SMILES string of the molecule is CCCN(CC1CN(CC)CCO1)C1CCCNC1. The normalized spacial score (nSPS) is 29.8. The molecule has 2 aliphatic rings. The van der Waals surface area contributed by atoms with Gasteiger partial charge >= 0.3 is 0 Å². The molecule has 0 saturated carbocycles. The first-order valence-corrected chi connectivity index (χ1v) is 8.12. The number of hydrogen-bond donors (Lipinski definition) is 1. The van der Waals surface area contributed by atoms with Crippen molar-refractivity contribution in [2.75, 3.05) is 52.4 Å². The van der Waals surface area contributed by atoms with Gasteiger partial charge in [0.05, 0.1) is 12.7 Å². The number of morpholine rings is 1. The highest BCUT2D eigenvalue weighted by molar-refractivity contribution is 4.82. The molecule has 2 saturated heterocycles. The minimum absolute atomic E-state index is 0.405. The van der Waals surface area contributed by atoms with Crippen molar-refractivity contribution in [2.24, 2.45) is 0 Å². The van der Waals surface area contributed by atoms with Crippen LogP contribution in [-0.2, 0) is 4.74 Å². The van der Waals surface area contributed by atoms with E-state index in [1.165, 1.54) is 32.4 Å². The molecule has 0 aromatic carbocycles. The maximum atomic E-state index is 5.97. The molecule has 0 amide bonds. The quantitative estimate of drug-likeness (QED) is 0.783. The van der Waals surface area contributed by atoms with E-state index in [0.29, 0.717) is 12.1 Å². The van der Waals surface area contributed by atoms with Crippen molar-refractivity contribution >= 4 is 0 Å². The molecule has 4 heteroatoms. The lowest BCUT2D eigenvalue weighted by Crippen LogP contribution is -2.52. The van der Waals surface area contributed by atoms with Crippen molar-refractivity contribution in [3.63, 3.8) is 0 Å². The molecule has 19 heavy (non-hydrogen) atoms. The summed E-state index contributed by atoms with van der Waals surface area (Å²) in [6, 6.07) is 0.717. The lowest BCUT2D eigenvalue weighted by atomic mass is 10.0. The Balaban J connectivity index is 1.84. The zero-order chi connectivity index (χ0) is 13.5. The third-order valence-corrected chi connectivity index (χ3v) is 4.41. The van der Waals surface area contributed by atoms with E-state index in [1.54, 1.807) is 0 Å². The highest BCUT2D eigenvalue weighted by Crippen LogP contribution is 2.14. The van der Waals surface area contributed by atoms with Crippen LogP contribution in [0.2, 0.25) is 0 Å². The van der Waals surface area contributed by atoms with Gasteiger partial charge in [0.15, 0.2) is 0 Å². The molecular weight excluding hydrogens is 238 g/mol. The molecule has 2 atom stereocenters. The Labute approximate surface area is 118 Å². The van der Waals surface area contributed by atoms with Gasteiger partial charge < -0.3 is 10.1 Å². The van der Waals surface area contributed by atoms with Crippen LogP contribution in [0.5, 0.6) is 0 Å². The Bertz CT molecular complexity index is 244. The summed E-state index contributed by atoms with van der Waals surface area (Å²) in [6.07, 6.45) is 4.30. The van der Waals surface area contributed by atoms with E-state index in [0.717, 1.165) is 39.3 Å². The van der Waals surface area contributed by atoms with Crippen LogP contribution in [0.15, 0.2) is 0 Å². The predicted molar refractivity (Wildman–Crippen MR) is 79.6 cm³/mol. The maximum absolute atomic E-state index is 5.97. The fraction of sp³-hybridized carbons (Fsp3) is 1.00. The zero-order valence-corrected chi connectivity index (χ0v) is 12.7. The molecule has 1 N–H and O–H groups in total. The van der Waals surface area contributed by atoms with Crippen LogP contribution in [0.3, 0.4) is 0 Å². The zero-order valence-electron chi connectivity index (χ0n) is 12.7. The van der Waals surface area contributed by atoms with E-state index in [4.69, 9.17) is 4.74 Å². The third kappa shape index (κ3) is 4.71. The molecule has 2 fully saturated rings. The molecule has 0 aromatic rings. The molecule has 0 radical (unpaired) electrons. The van der Waals surface area contributed by atoms with Crippen LogP contribution >= 0.6 is 0 Å². The molecule has 0 aliphatic carbocycles. The number of likely N-dealkylation sites (N-methyl/N-ethyl adjacent to an activating group) is 1. The van der Waals surface area contributed by atoms with Crippen molar-refractivity contribution in [2.45, 2.75) is 45.3 Å². The number of rotatable bonds is 6. The van der Waals surface area contributed by atoms with E-state index in [1.807, 2.05) is 0 Å². The molecule has 0 spiro atoms.